The number of hydrogen-bond donors (Lipinski definition) is 2. The molecule has 0 aromatic rings. The summed E-state index contributed by atoms with van der Waals surface area (Å²) >= 11 is 0. The molecule has 160 valence electrons. The Morgan fingerprint density at radius 2 is 1.57 bits per heavy atom. The summed E-state index contributed by atoms with van der Waals surface area (Å²) in [5.74, 6) is 5.90. The van der Waals surface area contributed by atoms with Crippen molar-refractivity contribution >= 4 is 0 Å². The maximum atomic E-state index is 10.8. The van der Waals surface area contributed by atoms with Crippen LogP contribution in [0.4, 0.5) is 0 Å². The van der Waals surface area contributed by atoms with Gasteiger partial charge in [-0.1, -0.05) is 20.8 Å². The Hall–Kier alpha value is -0.0800. The second-order valence-electron chi connectivity index (χ2n) is 12.5. The van der Waals surface area contributed by atoms with Crippen LogP contribution in [0.1, 0.15) is 97.8 Å². The fraction of sp³-hybridized carbons (Fsp3) is 1.00. The van der Waals surface area contributed by atoms with Gasteiger partial charge in [0.1, 0.15) is 0 Å². The van der Waals surface area contributed by atoms with E-state index in [9.17, 15) is 10.2 Å². The van der Waals surface area contributed by atoms with Crippen molar-refractivity contribution in [2.75, 3.05) is 0 Å². The Labute approximate surface area is 172 Å². The van der Waals surface area contributed by atoms with Gasteiger partial charge in [-0.3, -0.25) is 0 Å². The topological polar surface area (TPSA) is 40.5 Å². The summed E-state index contributed by atoms with van der Waals surface area (Å²) in [6.07, 6.45) is 15.1. The first-order valence-corrected chi connectivity index (χ1v) is 12.7. The molecule has 5 rings (SSSR count). The summed E-state index contributed by atoms with van der Waals surface area (Å²) in [6, 6.07) is 0. The summed E-state index contributed by atoms with van der Waals surface area (Å²) in [4.78, 5) is 0. The molecule has 5 saturated carbocycles. The largest absolute Gasteiger partial charge is 0.393 e. The zero-order valence-corrected chi connectivity index (χ0v) is 18.6. The molecule has 0 aliphatic heterocycles. The summed E-state index contributed by atoms with van der Waals surface area (Å²) in [7, 11) is 0. The second-order valence-corrected chi connectivity index (χ2v) is 12.5. The third-order valence-electron chi connectivity index (χ3n) is 11.2. The van der Waals surface area contributed by atoms with E-state index >= 15 is 0 Å². The molecule has 0 spiro atoms. The minimum Gasteiger partial charge on any atom is -0.393 e. The van der Waals surface area contributed by atoms with E-state index in [0.29, 0.717) is 10.8 Å². The van der Waals surface area contributed by atoms with Crippen LogP contribution in [0.2, 0.25) is 0 Å². The number of aliphatic hydroxyl groups excluding tert-OH is 2. The molecule has 28 heavy (non-hydrogen) atoms. The van der Waals surface area contributed by atoms with Gasteiger partial charge in [0.05, 0.1) is 12.2 Å². The van der Waals surface area contributed by atoms with E-state index in [1.54, 1.807) is 0 Å². The molecule has 5 aliphatic carbocycles. The SMILES string of the molecule is CC1CC1CC(O)CC1CCC2C3CCC4CC(O)CCC4(C)C3CCC12C. The second kappa shape index (κ2) is 6.98. The number of fused-ring (bicyclic) bond motifs is 5. The van der Waals surface area contributed by atoms with Gasteiger partial charge in [-0.15, -0.1) is 0 Å². The van der Waals surface area contributed by atoms with E-state index in [1.165, 1.54) is 51.4 Å². The molecular weight excluding hydrogens is 344 g/mol. The number of aliphatic hydroxyl groups is 2. The van der Waals surface area contributed by atoms with Crippen LogP contribution in [-0.2, 0) is 0 Å². The minimum atomic E-state index is -0.0543. The summed E-state index contributed by atoms with van der Waals surface area (Å²) in [6.45, 7) is 7.54. The normalized spacial score (nSPS) is 56.5. The van der Waals surface area contributed by atoms with Crippen molar-refractivity contribution in [3.8, 4) is 0 Å². The molecule has 0 aromatic carbocycles. The van der Waals surface area contributed by atoms with Gasteiger partial charge in [0.2, 0.25) is 0 Å². The van der Waals surface area contributed by atoms with E-state index < -0.39 is 0 Å². The van der Waals surface area contributed by atoms with E-state index in [2.05, 4.69) is 20.8 Å². The lowest BCUT2D eigenvalue weighted by Crippen LogP contribution is -2.54. The Kier molecular flexibility index (Phi) is 4.95. The van der Waals surface area contributed by atoms with Crippen LogP contribution in [0.25, 0.3) is 0 Å². The van der Waals surface area contributed by atoms with E-state index in [0.717, 1.165) is 67.1 Å². The molecule has 2 heteroatoms. The van der Waals surface area contributed by atoms with Crippen LogP contribution in [-0.4, -0.2) is 22.4 Å². The summed E-state index contributed by atoms with van der Waals surface area (Å²) in [5, 5.41) is 21.0. The quantitative estimate of drug-likeness (QED) is 0.638. The molecule has 0 aromatic heterocycles. The van der Waals surface area contributed by atoms with Gasteiger partial charge in [-0.25, -0.2) is 0 Å². The molecule has 11 atom stereocenters. The van der Waals surface area contributed by atoms with Crippen molar-refractivity contribution < 1.29 is 10.2 Å². The molecule has 0 radical (unpaired) electrons. The lowest BCUT2D eigenvalue weighted by molar-refractivity contribution is -0.128. The Balaban J connectivity index is 1.28. The van der Waals surface area contributed by atoms with E-state index in [-0.39, 0.29) is 12.2 Å². The number of hydrogen-bond acceptors (Lipinski definition) is 2. The molecule has 0 amide bonds. The first kappa shape index (κ1) is 19.9. The maximum Gasteiger partial charge on any atom is 0.0545 e. The van der Waals surface area contributed by atoms with Crippen LogP contribution >= 0.6 is 0 Å². The van der Waals surface area contributed by atoms with Crippen molar-refractivity contribution in [3.05, 3.63) is 0 Å². The van der Waals surface area contributed by atoms with Crippen LogP contribution < -0.4 is 0 Å². The van der Waals surface area contributed by atoms with Gasteiger partial charge in [0, 0.05) is 0 Å². The molecule has 5 fully saturated rings. The van der Waals surface area contributed by atoms with Crippen molar-refractivity contribution in [2.24, 2.45) is 52.3 Å². The lowest BCUT2D eigenvalue weighted by Gasteiger charge is -2.61. The van der Waals surface area contributed by atoms with Crippen LogP contribution in [0, 0.1) is 52.3 Å². The predicted molar refractivity (Wildman–Crippen MR) is 114 cm³/mol. The molecule has 2 N–H and O–H groups in total. The molecule has 0 bridgehead atoms. The predicted octanol–water partition coefficient (Wildman–Crippen LogP) is 5.80. The molecule has 0 heterocycles. The zero-order chi connectivity index (χ0) is 19.7. The van der Waals surface area contributed by atoms with Gasteiger partial charge in [-0.05, 0) is 129 Å². The van der Waals surface area contributed by atoms with E-state index in [4.69, 9.17) is 0 Å². The fourth-order valence-corrected chi connectivity index (χ4v) is 9.23. The Morgan fingerprint density at radius 1 is 0.857 bits per heavy atom. The first-order chi connectivity index (χ1) is 13.3. The highest BCUT2D eigenvalue weighted by Crippen LogP contribution is 2.68. The summed E-state index contributed by atoms with van der Waals surface area (Å²) < 4.78 is 0. The highest BCUT2D eigenvalue weighted by atomic mass is 16.3. The molecule has 5 aliphatic rings. The smallest absolute Gasteiger partial charge is 0.0545 e. The van der Waals surface area contributed by atoms with Gasteiger partial charge in [0.25, 0.3) is 0 Å². The monoisotopic (exact) mass is 388 g/mol. The molecule has 2 nitrogen and oxygen atoms in total. The van der Waals surface area contributed by atoms with Gasteiger partial charge in [-0.2, -0.15) is 0 Å². The fourth-order valence-electron chi connectivity index (χ4n) is 9.23. The maximum absolute atomic E-state index is 10.8. The number of rotatable bonds is 4. The van der Waals surface area contributed by atoms with Gasteiger partial charge < -0.3 is 10.2 Å². The minimum absolute atomic E-state index is 0.0324. The lowest BCUT2D eigenvalue weighted by atomic mass is 9.44. The first-order valence-electron chi connectivity index (χ1n) is 12.7. The average molecular weight is 389 g/mol. The highest BCUT2D eigenvalue weighted by molar-refractivity contribution is 5.09. The van der Waals surface area contributed by atoms with E-state index in [1.807, 2.05) is 0 Å². The Bertz CT molecular complexity index is 589. The van der Waals surface area contributed by atoms with Crippen molar-refractivity contribution in [2.45, 2.75) is 110 Å². The molecular formula is C26H44O2. The summed E-state index contributed by atoms with van der Waals surface area (Å²) in [5.41, 5.74) is 0.970. The average Bonchev–Trinajstić information content (AvgIpc) is 3.23. The third kappa shape index (κ3) is 3.11. The molecule has 11 unspecified atom stereocenters. The van der Waals surface area contributed by atoms with Crippen molar-refractivity contribution in [3.63, 3.8) is 0 Å². The van der Waals surface area contributed by atoms with Crippen molar-refractivity contribution in [1.29, 1.82) is 0 Å². The van der Waals surface area contributed by atoms with Gasteiger partial charge in [0.15, 0.2) is 0 Å². The zero-order valence-electron chi connectivity index (χ0n) is 18.6. The highest BCUT2D eigenvalue weighted by Gasteiger charge is 2.60. The third-order valence-corrected chi connectivity index (χ3v) is 11.2. The standard InChI is InChI=1S/C26H44O2/c1-16-12-17(16)13-21(28)15-19-5-7-23-22-6-4-18-14-20(27)8-10-25(18,2)24(22)9-11-26(19,23)3/h16-24,27-28H,4-15H2,1-3H3. The van der Waals surface area contributed by atoms with Crippen LogP contribution in [0.3, 0.4) is 0 Å². The van der Waals surface area contributed by atoms with Crippen LogP contribution in [0.15, 0.2) is 0 Å². The Morgan fingerprint density at radius 3 is 2.32 bits per heavy atom. The van der Waals surface area contributed by atoms with Crippen LogP contribution in [0.5, 0.6) is 0 Å². The van der Waals surface area contributed by atoms with Crippen molar-refractivity contribution in [1.82, 2.24) is 0 Å². The van der Waals surface area contributed by atoms with Gasteiger partial charge >= 0.3 is 0 Å². The molecule has 0 saturated heterocycles.